The van der Waals surface area contributed by atoms with E-state index in [0.29, 0.717) is 22.6 Å². The van der Waals surface area contributed by atoms with E-state index in [1.165, 1.54) is 11.8 Å². The van der Waals surface area contributed by atoms with Gasteiger partial charge in [0, 0.05) is 5.02 Å². The number of aromatic nitrogens is 2. The number of rotatable bonds is 7. The third kappa shape index (κ3) is 5.34. The Morgan fingerprint density at radius 1 is 1.19 bits per heavy atom. The number of nitrogens with one attached hydrogen (secondary N) is 1. The van der Waals surface area contributed by atoms with Gasteiger partial charge in [-0.3, -0.25) is 4.79 Å². The predicted molar refractivity (Wildman–Crippen MR) is 102 cm³/mol. The van der Waals surface area contributed by atoms with Crippen molar-refractivity contribution in [3.63, 3.8) is 0 Å². The maximum atomic E-state index is 12.1. The van der Waals surface area contributed by atoms with Crippen molar-refractivity contribution in [2.45, 2.75) is 24.6 Å². The Morgan fingerprint density at radius 3 is 2.77 bits per heavy atom. The zero-order valence-electron chi connectivity index (χ0n) is 14.2. The molecular formula is C19H18ClN3O2S. The van der Waals surface area contributed by atoms with Gasteiger partial charge in [0.05, 0.1) is 18.2 Å². The molecule has 0 bridgehead atoms. The molecule has 0 saturated heterocycles. The van der Waals surface area contributed by atoms with Crippen LogP contribution in [0, 0.1) is 0 Å². The molecule has 1 N–H and O–H groups in total. The fraction of sp³-hybridized carbons (Fsp3) is 0.211. The van der Waals surface area contributed by atoms with E-state index in [9.17, 15) is 4.79 Å². The van der Waals surface area contributed by atoms with Crippen LogP contribution in [-0.4, -0.2) is 21.9 Å². The first-order valence-electron chi connectivity index (χ1n) is 8.14. The van der Waals surface area contributed by atoms with Crippen LogP contribution < -0.4 is 5.32 Å². The Kier molecular flexibility index (Phi) is 6.30. The summed E-state index contributed by atoms with van der Waals surface area (Å²) in [5, 5.41) is 12.0. The van der Waals surface area contributed by atoms with Crippen molar-refractivity contribution in [3.05, 3.63) is 76.6 Å². The molecule has 2 aromatic carbocycles. The van der Waals surface area contributed by atoms with Crippen molar-refractivity contribution in [1.29, 1.82) is 0 Å². The van der Waals surface area contributed by atoms with E-state index in [4.69, 9.17) is 16.0 Å². The lowest BCUT2D eigenvalue weighted by Crippen LogP contribution is -2.28. The molecule has 7 heteroatoms. The summed E-state index contributed by atoms with van der Waals surface area (Å²) in [4.78, 5) is 12.1. The number of halogens is 1. The van der Waals surface area contributed by atoms with Gasteiger partial charge in [-0.25, -0.2) is 0 Å². The highest BCUT2D eigenvalue weighted by molar-refractivity contribution is 7.99. The summed E-state index contributed by atoms with van der Waals surface area (Å²) < 4.78 is 5.59. The van der Waals surface area contributed by atoms with Crippen molar-refractivity contribution in [1.82, 2.24) is 15.5 Å². The number of hydrogen-bond donors (Lipinski definition) is 1. The van der Waals surface area contributed by atoms with E-state index in [2.05, 4.69) is 15.5 Å². The first-order valence-corrected chi connectivity index (χ1v) is 9.50. The molecule has 1 aromatic heterocycles. The largest absolute Gasteiger partial charge is 0.416 e. The third-order valence-electron chi connectivity index (χ3n) is 3.70. The van der Waals surface area contributed by atoms with Crippen LogP contribution in [0.25, 0.3) is 0 Å². The molecule has 1 heterocycles. The molecule has 5 nitrogen and oxygen atoms in total. The van der Waals surface area contributed by atoms with Gasteiger partial charge in [-0.2, -0.15) is 0 Å². The number of thioether (sulfide) groups is 1. The van der Waals surface area contributed by atoms with Crippen LogP contribution >= 0.6 is 23.4 Å². The lowest BCUT2D eigenvalue weighted by atomic mass is 10.1. The molecule has 3 aromatic rings. The number of amides is 1. The van der Waals surface area contributed by atoms with E-state index in [0.717, 1.165) is 11.1 Å². The van der Waals surface area contributed by atoms with Gasteiger partial charge in [-0.15, -0.1) is 10.2 Å². The molecule has 0 spiro atoms. The van der Waals surface area contributed by atoms with Crippen molar-refractivity contribution in [3.8, 4) is 0 Å². The lowest BCUT2D eigenvalue weighted by Gasteiger charge is -2.14. The standard InChI is InChI=1S/C19H18ClN3O2S/c1-13(15-8-5-9-16(20)11-15)21-17(24)12-26-19-23-22-18(25-19)10-14-6-3-2-4-7-14/h2-9,11,13H,10,12H2,1H3,(H,21,24)/t13-/m1/s1. The monoisotopic (exact) mass is 387 g/mol. The molecule has 0 fully saturated rings. The number of nitrogens with zero attached hydrogens (tertiary/aromatic N) is 2. The van der Waals surface area contributed by atoms with E-state index < -0.39 is 0 Å². The Hall–Kier alpha value is -2.31. The van der Waals surface area contributed by atoms with Gasteiger partial charge in [0.25, 0.3) is 5.22 Å². The maximum absolute atomic E-state index is 12.1. The molecule has 1 atom stereocenters. The van der Waals surface area contributed by atoms with Gasteiger partial charge < -0.3 is 9.73 Å². The second kappa shape index (κ2) is 8.87. The lowest BCUT2D eigenvalue weighted by molar-refractivity contribution is -0.119. The summed E-state index contributed by atoms with van der Waals surface area (Å²) in [5.74, 6) is 0.634. The molecular weight excluding hydrogens is 370 g/mol. The quantitative estimate of drug-likeness (QED) is 0.613. The highest BCUT2D eigenvalue weighted by Gasteiger charge is 2.13. The maximum Gasteiger partial charge on any atom is 0.277 e. The van der Waals surface area contributed by atoms with E-state index in [1.54, 1.807) is 6.07 Å². The van der Waals surface area contributed by atoms with Gasteiger partial charge >= 0.3 is 0 Å². The molecule has 1 amide bonds. The molecule has 3 rings (SSSR count). The topological polar surface area (TPSA) is 68.0 Å². The fourth-order valence-corrected chi connectivity index (χ4v) is 3.20. The van der Waals surface area contributed by atoms with E-state index in [1.807, 2.05) is 55.5 Å². The molecule has 0 unspecified atom stereocenters. The van der Waals surface area contributed by atoms with Crippen LogP contribution in [-0.2, 0) is 11.2 Å². The number of carbonyl (C=O) groups is 1. The Bertz CT molecular complexity index is 870. The summed E-state index contributed by atoms with van der Waals surface area (Å²) in [6.07, 6.45) is 0.576. The van der Waals surface area contributed by atoms with Crippen LogP contribution in [0.1, 0.15) is 30.0 Å². The van der Waals surface area contributed by atoms with E-state index in [-0.39, 0.29) is 17.7 Å². The molecule has 0 radical (unpaired) electrons. The normalized spacial score (nSPS) is 11.9. The van der Waals surface area contributed by atoms with Gasteiger partial charge in [0.1, 0.15) is 0 Å². The van der Waals surface area contributed by atoms with Gasteiger partial charge in [-0.1, -0.05) is 65.8 Å². The highest BCUT2D eigenvalue weighted by Crippen LogP contribution is 2.20. The number of benzene rings is 2. The van der Waals surface area contributed by atoms with Gasteiger partial charge in [0.15, 0.2) is 0 Å². The zero-order chi connectivity index (χ0) is 18.4. The fourth-order valence-electron chi connectivity index (χ4n) is 2.41. The first kappa shape index (κ1) is 18.5. The van der Waals surface area contributed by atoms with E-state index >= 15 is 0 Å². The van der Waals surface area contributed by atoms with Crippen molar-refractivity contribution < 1.29 is 9.21 Å². The smallest absolute Gasteiger partial charge is 0.277 e. The first-order chi connectivity index (χ1) is 12.6. The third-order valence-corrected chi connectivity index (χ3v) is 4.75. The number of carbonyl (C=O) groups excluding carboxylic acids is 1. The minimum atomic E-state index is -0.127. The molecule has 0 aliphatic rings. The minimum Gasteiger partial charge on any atom is -0.416 e. The van der Waals surface area contributed by atoms with Crippen LogP contribution in [0.3, 0.4) is 0 Å². The molecule has 26 heavy (non-hydrogen) atoms. The predicted octanol–water partition coefficient (Wildman–Crippen LogP) is 4.28. The Labute approximate surface area is 161 Å². The van der Waals surface area contributed by atoms with Crippen LogP contribution in [0.5, 0.6) is 0 Å². The van der Waals surface area contributed by atoms with Gasteiger partial charge in [-0.05, 0) is 30.2 Å². The van der Waals surface area contributed by atoms with Crippen LogP contribution in [0.2, 0.25) is 5.02 Å². The average molecular weight is 388 g/mol. The molecule has 134 valence electrons. The second-order valence-electron chi connectivity index (χ2n) is 5.76. The summed E-state index contributed by atoms with van der Waals surface area (Å²) in [6, 6.07) is 17.2. The summed E-state index contributed by atoms with van der Waals surface area (Å²) >= 11 is 7.20. The number of hydrogen-bond acceptors (Lipinski definition) is 5. The average Bonchev–Trinajstić information content (AvgIpc) is 3.08. The highest BCUT2D eigenvalue weighted by atomic mass is 35.5. The summed E-state index contributed by atoms with van der Waals surface area (Å²) in [7, 11) is 0. The van der Waals surface area contributed by atoms with Gasteiger partial charge in [0.2, 0.25) is 11.8 Å². The molecule has 0 aliphatic heterocycles. The van der Waals surface area contributed by atoms with Crippen molar-refractivity contribution in [2.75, 3.05) is 5.75 Å². The van der Waals surface area contributed by atoms with Crippen molar-refractivity contribution >= 4 is 29.3 Å². The summed E-state index contributed by atoms with van der Waals surface area (Å²) in [6.45, 7) is 1.92. The SMILES string of the molecule is C[C@@H](NC(=O)CSc1nnc(Cc2ccccc2)o1)c1cccc(Cl)c1. The van der Waals surface area contributed by atoms with Crippen LogP contribution in [0.4, 0.5) is 0 Å². The summed E-state index contributed by atoms with van der Waals surface area (Å²) in [5.41, 5.74) is 2.06. The Balaban J connectivity index is 1.49. The molecule has 0 aliphatic carbocycles. The van der Waals surface area contributed by atoms with Crippen molar-refractivity contribution in [2.24, 2.45) is 0 Å². The zero-order valence-corrected chi connectivity index (χ0v) is 15.8. The second-order valence-corrected chi connectivity index (χ2v) is 7.12. The molecule has 0 saturated carbocycles. The minimum absolute atomic E-state index is 0.106. The Morgan fingerprint density at radius 2 is 2.00 bits per heavy atom. The van der Waals surface area contributed by atoms with Crippen LogP contribution in [0.15, 0.2) is 64.2 Å².